The van der Waals surface area contributed by atoms with Gasteiger partial charge in [0.25, 0.3) is 0 Å². The van der Waals surface area contributed by atoms with Gasteiger partial charge in [-0.05, 0) is 37.2 Å². The fraction of sp³-hybridized carbons (Fsp3) is 1.00. The smallest absolute Gasteiger partial charge is 0.0666 e. The summed E-state index contributed by atoms with van der Waals surface area (Å²) in [4.78, 5) is 0. The molecule has 1 aliphatic rings. The molecule has 3 unspecified atom stereocenters. The van der Waals surface area contributed by atoms with Crippen molar-refractivity contribution in [2.45, 2.75) is 44.5 Å². The predicted octanol–water partition coefficient (Wildman–Crippen LogP) is 3.24. The molecule has 1 saturated heterocycles. The second kappa shape index (κ2) is 7.02. The van der Waals surface area contributed by atoms with Crippen molar-refractivity contribution in [2.24, 2.45) is 5.92 Å². The van der Waals surface area contributed by atoms with Gasteiger partial charge in [-0.25, -0.2) is 0 Å². The van der Waals surface area contributed by atoms with Crippen LogP contribution in [0.2, 0.25) is 0 Å². The molecule has 0 aromatic carbocycles. The quantitative estimate of drug-likeness (QED) is 0.707. The lowest BCUT2D eigenvalue weighted by molar-refractivity contribution is 0.127. The third kappa shape index (κ3) is 4.03. The molecule has 0 aliphatic carbocycles. The Hall–Kier alpha value is 0.660. The summed E-state index contributed by atoms with van der Waals surface area (Å²) in [6, 6.07) is 0. The average molecular weight is 234 g/mol. The van der Waals surface area contributed by atoms with Gasteiger partial charge >= 0.3 is 0 Å². The van der Waals surface area contributed by atoms with Crippen molar-refractivity contribution < 1.29 is 4.74 Å². The molecule has 0 saturated carbocycles. The van der Waals surface area contributed by atoms with Gasteiger partial charge in [0.1, 0.15) is 0 Å². The lowest BCUT2D eigenvalue weighted by Gasteiger charge is -2.18. The summed E-state index contributed by atoms with van der Waals surface area (Å²) in [6.45, 7) is 5.40. The van der Waals surface area contributed by atoms with Gasteiger partial charge in [-0.15, -0.1) is 0 Å². The summed E-state index contributed by atoms with van der Waals surface area (Å²) >= 11 is 6.50. The van der Waals surface area contributed by atoms with Gasteiger partial charge in [0.05, 0.1) is 6.10 Å². The van der Waals surface area contributed by atoms with E-state index >= 15 is 0 Å². The fourth-order valence-electron chi connectivity index (χ4n) is 1.83. The predicted molar refractivity (Wildman–Crippen MR) is 68.5 cm³/mol. The van der Waals surface area contributed by atoms with Crippen molar-refractivity contribution in [3.8, 4) is 0 Å². The Morgan fingerprint density at radius 1 is 1.57 bits per heavy atom. The van der Waals surface area contributed by atoms with Crippen LogP contribution in [0.3, 0.4) is 0 Å². The summed E-state index contributed by atoms with van der Waals surface area (Å²) in [7, 11) is 0. The molecule has 14 heavy (non-hydrogen) atoms. The minimum absolute atomic E-state index is 0.460. The Balaban J connectivity index is 2.17. The number of hydrogen-bond acceptors (Lipinski definition) is 3. The van der Waals surface area contributed by atoms with Gasteiger partial charge in [-0.3, -0.25) is 0 Å². The van der Waals surface area contributed by atoms with Gasteiger partial charge < -0.3 is 4.74 Å². The highest BCUT2D eigenvalue weighted by Crippen LogP contribution is 2.28. The Morgan fingerprint density at radius 2 is 2.36 bits per heavy atom. The lowest BCUT2D eigenvalue weighted by Crippen LogP contribution is -2.16. The van der Waals surface area contributed by atoms with Crippen molar-refractivity contribution in [1.29, 1.82) is 0 Å². The van der Waals surface area contributed by atoms with E-state index in [0.717, 1.165) is 23.5 Å². The fourth-order valence-corrected chi connectivity index (χ4v) is 3.73. The summed E-state index contributed by atoms with van der Waals surface area (Å²) in [5.74, 6) is 3.08. The molecular weight excluding hydrogens is 212 g/mol. The van der Waals surface area contributed by atoms with E-state index in [2.05, 4.69) is 38.2 Å². The molecule has 0 spiro atoms. The van der Waals surface area contributed by atoms with Gasteiger partial charge in [0.15, 0.2) is 0 Å². The van der Waals surface area contributed by atoms with Gasteiger partial charge in [-0.2, -0.15) is 24.4 Å². The first kappa shape index (κ1) is 12.7. The minimum Gasteiger partial charge on any atom is -0.377 e. The SMILES string of the molecule is CCCC(CS)CSC1CCOC1C. The standard InChI is InChI=1S/C11H22OS2/c1-3-4-10(7-13)8-14-11-5-6-12-9(11)2/h9-11,13H,3-8H2,1-2H3. The van der Waals surface area contributed by atoms with Crippen LogP contribution in [0, 0.1) is 5.92 Å². The van der Waals surface area contributed by atoms with Crippen molar-refractivity contribution in [3.63, 3.8) is 0 Å². The van der Waals surface area contributed by atoms with Gasteiger partial charge in [0, 0.05) is 11.9 Å². The lowest BCUT2D eigenvalue weighted by atomic mass is 10.1. The molecule has 1 rings (SSSR count). The number of thiol groups is 1. The summed E-state index contributed by atoms with van der Waals surface area (Å²) < 4.78 is 5.55. The van der Waals surface area contributed by atoms with E-state index in [1.165, 1.54) is 25.0 Å². The van der Waals surface area contributed by atoms with Crippen LogP contribution >= 0.6 is 24.4 Å². The van der Waals surface area contributed by atoms with Crippen molar-refractivity contribution >= 4 is 24.4 Å². The normalized spacial score (nSPS) is 29.4. The Bertz CT molecular complexity index is 152. The molecule has 3 heteroatoms. The number of thioether (sulfide) groups is 1. The van der Waals surface area contributed by atoms with Gasteiger partial charge in [-0.1, -0.05) is 13.3 Å². The van der Waals surface area contributed by atoms with Crippen LogP contribution in [0.4, 0.5) is 0 Å². The van der Waals surface area contributed by atoms with E-state index < -0.39 is 0 Å². The maximum absolute atomic E-state index is 5.55. The minimum atomic E-state index is 0.460. The highest BCUT2D eigenvalue weighted by molar-refractivity contribution is 8.00. The van der Waals surface area contributed by atoms with E-state index in [1.807, 2.05) is 0 Å². The average Bonchev–Trinajstić information content (AvgIpc) is 2.59. The molecule has 0 radical (unpaired) electrons. The number of hydrogen-bond donors (Lipinski definition) is 1. The van der Waals surface area contributed by atoms with E-state index in [1.54, 1.807) is 0 Å². The van der Waals surface area contributed by atoms with Crippen LogP contribution < -0.4 is 0 Å². The maximum Gasteiger partial charge on any atom is 0.0666 e. The van der Waals surface area contributed by atoms with Crippen LogP contribution in [-0.4, -0.2) is 29.5 Å². The first-order chi connectivity index (χ1) is 6.77. The Labute approximate surface area is 97.8 Å². The van der Waals surface area contributed by atoms with E-state index in [-0.39, 0.29) is 0 Å². The van der Waals surface area contributed by atoms with E-state index in [0.29, 0.717) is 6.10 Å². The van der Waals surface area contributed by atoms with Crippen LogP contribution in [0.25, 0.3) is 0 Å². The molecule has 0 bridgehead atoms. The summed E-state index contributed by atoms with van der Waals surface area (Å²) in [6.07, 6.45) is 4.29. The van der Waals surface area contributed by atoms with E-state index in [4.69, 9.17) is 4.74 Å². The molecule has 84 valence electrons. The van der Waals surface area contributed by atoms with Gasteiger partial charge in [0.2, 0.25) is 0 Å². The Morgan fingerprint density at radius 3 is 2.86 bits per heavy atom. The topological polar surface area (TPSA) is 9.23 Å². The van der Waals surface area contributed by atoms with Crippen LogP contribution in [0.5, 0.6) is 0 Å². The second-order valence-corrected chi connectivity index (χ2v) is 5.71. The Kier molecular flexibility index (Phi) is 6.38. The molecule has 1 aliphatic heterocycles. The third-order valence-corrected chi connectivity index (χ3v) is 5.04. The maximum atomic E-state index is 5.55. The molecular formula is C11H22OS2. The molecule has 0 aromatic heterocycles. The van der Waals surface area contributed by atoms with Crippen LogP contribution in [0.1, 0.15) is 33.1 Å². The van der Waals surface area contributed by atoms with E-state index in [9.17, 15) is 0 Å². The molecule has 1 heterocycles. The molecule has 0 amide bonds. The van der Waals surface area contributed by atoms with Crippen LogP contribution in [-0.2, 0) is 4.74 Å². The number of rotatable bonds is 6. The largest absolute Gasteiger partial charge is 0.377 e. The summed E-state index contributed by atoms with van der Waals surface area (Å²) in [5, 5.41) is 0.731. The zero-order chi connectivity index (χ0) is 10.4. The molecule has 1 nitrogen and oxygen atoms in total. The van der Waals surface area contributed by atoms with Crippen molar-refractivity contribution in [3.05, 3.63) is 0 Å². The number of ether oxygens (including phenoxy) is 1. The molecule has 0 N–H and O–H groups in total. The third-order valence-electron chi connectivity index (χ3n) is 2.81. The second-order valence-electron chi connectivity index (χ2n) is 4.07. The zero-order valence-corrected chi connectivity index (χ0v) is 10.9. The highest BCUT2D eigenvalue weighted by atomic mass is 32.2. The highest BCUT2D eigenvalue weighted by Gasteiger charge is 2.25. The molecule has 3 atom stereocenters. The zero-order valence-electron chi connectivity index (χ0n) is 9.24. The first-order valence-corrected chi connectivity index (χ1v) is 7.30. The summed E-state index contributed by atoms with van der Waals surface area (Å²) in [5.41, 5.74) is 0. The van der Waals surface area contributed by atoms with Crippen LogP contribution in [0.15, 0.2) is 0 Å². The first-order valence-electron chi connectivity index (χ1n) is 5.62. The monoisotopic (exact) mass is 234 g/mol. The van der Waals surface area contributed by atoms with Crippen molar-refractivity contribution in [2.75, 3.05) is 18.1 Å². The van der Waals surface area contributed by atoms with Crippen molar-refractivity contribution in [1.82, 2.24) is 0 Å². The molecule has 0 aromatic rings. The molecule has 1 fully saturated rings.